The van der Waals surface area contributed by atoms with Crippen LogP contribution in [0.15, 0.2) is 53.6 Å². The molecular weight excluding hydrogens is 614 g/mol. The highest BCUT2D eigenvalue weighted by Gasteiger charge is 2.39. The molecule has 242 valence electrons. The maximum absolute atomic E-state index is 14.8. The summed E-state index contributed by atoms with van der Waals surface area (Å²) in [5.41, 5.74) is 2.46. The Hall–Kier alpha value is -3.97. The number of aromatic nitrogens is 4. The number of hydrogen-bond donors (Lipinski definition) is 1. The number of anilines is 1. The first-order valence-electron chi connectivity index (χ1n) is 15.8. The molecular formula is C33H36F2N6O4S. The first kappa shape index (κ1) is 30.7. The average molecular weight is 651 g/mol. The fourth-order valence-electron chi connectivity index (χ4n) is 7.03. The molecule has 1 saturated heterocycles. The molecule has 0 unspecified atom stereocenters. The summed E-state index contributed by atoms with van der Waals surface area (Å²) in [6, 6.07) is 11.8. The van der Waals surface area contributed by atoms with Crippen molar-refractivity contribution in [1.82, 2.24) is 24.3 Å². The van der Waals surface area contributed by atoms with Crippen molar-refractivity contribution in [2.75, 3.05) is 18.0 Å². The van der Waals surface area contributed by atoms with Crippen LogP contribution in [-0.2, 0) is 27.9 Å². The zero-order valence-corrected chi connectivity index (χ0v) is 26.3. The molecule has 46 heavy (non-hydrogen) atoms. The fourth-order valence-corrected chi connectivity index (χ4v) is 8.63. The van der Waals surface area contributed by atoms with Gasteiger partial charge in [0.25, 0.3) is 6.43 Å². The van der Waals surface area contributed by atoms with Gasteiger partial charge in [-0.3, -0.25) is 4.79 Å². The number of carboxylic acids is 1. The number of benzene rings is 2. The fraction of sp³-hybridized carbons (Fsp3) is 0.455. The van der Waals surface area contributed by atoms with Gasteiger partial charge >= 0.3 is 5.97 Å². The van der Waals surface area contributed by atoms with Crippen LogP contribution in [0.5, 0.6) is 0 Å². The molecule has 2 fully saturated rings. The number of pyridine rings is 1. The van der Waals surface area contributed by atoms with Crippen LogP contribution in [0.1, 0.15) is 78.7 Å². The average Bonchev–Trinajstić information content (AvgIpc) is 3.78. The van der Waals surface area contributed by atoms with Gasteiger partial charge in [-0.1, -0.05) is 29.5 Å². The van der Waals surface area contributed by atoms with Crippen LogP contribution in [0.3, 0.4) is 0 Å². The lowest BCUT2D eigenvalue weighted by atomic mass is 9.84. The first-order valence-corrected chi connectivity index (χ1v) is 17.2. The van der Waals surface area contributed by atoms with Gasteiger partial charge < -0.3 is 10.0 Å². The number of alkyl halides is 2. The number of hydrogen-bond acceptors (Lipinski definition) is 7. The molecule has 1 aliphatic carbocycles. The van der Waals surface area contributed by atoms with E-state index in [1.54, 1.807) is 53.3 Å². The molecule has 4 aromatic rings. The summed E-state index contributed by atoms with van der Waals surface area (Å²) in [6.45, 7) is 3.54. The van der Waals surface area contributed by atoms with Crippen LogP contribution in [0, 0.1) is 12.8 Å². The second kappa shape index (κ2) is 12.0. The molecule has 2 atom stereocenters. The summed E-state index contributed by atoms with van der Waals surface area (Å²) in [4.78, 5) is 18.9. The number of halogens is 2. The Labute approximate surface area is 266 Å². The molecule has 13 heteroatoms. The number of carbonyl (C=O) groups is 1. The third kappa shape index (κ3) is 5.63. The Morgan fingerprint density at radius 2 is 1.93 bits per heavy atom. The van der Waals surface area contributed by atoms with Crippen molar-refractivity contribution in [3.05, 3.63) is 76.5 Å². The lowest BCUT2D eigenvalue weighted by Crippen LogP contribution is -2.45. The van der Waals surface area contributed by atoms with E-state index >= 15 is 0 Å². The van der Waals surface area contributed by atoms with Gasteiger partial charge in [-0.05, 0) is 85.4 Å². The molecule has 0 bridgehead atoms. The number of fused-ring (bicyclic) bond motifs is 4. The van der Waals surface area contributed by atoms with Crippen LogP contribution < -0.4 is 4.90 Å². The van der Waals surface area contributed by atoms with Gasteiger partial charge in [0.1, 0.15) is 16.2 Å². The Kier molecular flexibility index (Phi) is 8.00. The highest BCUT2D eigenvalue weighted by Crippen LogP contribution is 2.41. The smallest absolute Gasteiger partial charge is 0.304 e. The van der Waals surface area contributed by atoms with E-state index in [9.17, 15) is 27.1 Å². The molecule has 3 aliphatic rings. The second-order valence-electron chi connectivity index (χ2n) is 12.8. The minimum Gasteiger partial charge on any atom is -0.481 e. The molecule has 7 rings (SSSR count). The number of sulfonamides is 1. The maximum Gasteiger partial charge on any atom is 0.304 e. The topological polar surface area (TPSA) is 122 Å². The number of nitrogens with zero attached hydrogens (tertiary/aromatic N) is 6. The monoisotopic (exact) mass is 650 g/mol. The third-order valence-electron chi connectivity index (χ3n) is 9.67. The largest absolute Gasteiger partial charge is 0.481 e. The zero-order valence-electron chi connectivity index (χ0n) is 25.5. The van der Waals surface area contributed by atoms with Crippen molar-refractivity contribution >= 4 is 32.8 Å². The van der Waals surface area contributed by atoms with Gasteiger partial charge in [-0.2, -0.15) is 4.31 Å². The first-order chi connectivity index (χ1) is 22.1. The standard InChI is InChI=1S/C33H36F2N6O4S/c1-20-7-10-22(15-23(20)18-39-19-24-5-2-3-14-40(24)33-28(46(39,44)45)6-4-13-36-33)26(16-29(42)43)25-11-12-27-31(30(25)32(34)35)37-38-41(27)17-21-8-9-21/h4,6-7,10-13,15,21,24,26,32H,2-3,5,8-9,14,16-19H2,1H3,(H,42,43)/t24-,26-/m1/s1. The molecule has 1 saturated carbocycles. The Morgan fingerprint density at radius 1 is 1.11 bits per heavy atom. The lowest BCUT2D eigenvalue weighted by molar-refractivity contribution is -0.137. The summed E-state index contributed by atoms with van der Waals surface area (Å²) in [6.07, 6.45) is 3.21. The predicted octanol–water partition coefficient (Wildman–Crippen LogP) is 5.65. The van der Waals surface area contributed by atoms with Gasteiger partial charge in [-0.15, -0.1) is 5.10 Å². The van der Waals surface area contributed by atoms with E-state index < -0.39 is 34.8 Å². The minimum absolute atomic E-state index is 0.0309. The van der Waals surface area contributed by atoms with Crippen molar-refractivity contribution in [2.45, 2.75) is 81.8 Å². The Bertz CT molecular complexity index is 1910. The van der Waals surface area contributed by atoms with Gasteiger partial charge in [0, 0.05) is 44.3 Å². The van der Waals surface area contributed by atoms with Crippen molar-refractivity contribution in [2.24, 2.45) is 5.92 Å². The van der Waals surface area contributed by atoms with Crippen LogP contribution in [-0.4, -0.2) is 62.9 Å². The third-order valence-corrected chi connectivity index (χ3v) is 11.5. The second-order valence-corrected chi connectivity index (χ2v) is 14.7. The molecule has 0 amide bonds. The molecule has 2 aromatic carbocycles. The molecule has 0 radical (unpaired) electrons. The van der Waals surface area contributed by atoms with Crippen molar-refractivity contribution in [3.8, 4) is 0 Å². The van der Waals surface area contributed by atoms with E-state index in [1.165, 1.54) is 4.31 Å². The van der Waals surface area contributed by atoms with Gasteiger partial charge in [0.05, 0.1) is 17.5 Å². The number of aryl methyl sites for hydroxylation is 1. The van der Waals surface area contributed by atoms with Crippen LogP contribution in [0.4, 0.5) is 14.6 Å². The molecule has 2 aromatic heterocycles. The van der Waals surface area contributed by atoms with E-state index in [0.29, 0.717) is 34.9 Å². The summed E-state index contributed by atoms with van der Waals surface area (Å²) in [7, 11) is -3.92. The van der Waals surface area contributed by atoms with Crippen LogP contribution in [0.25, 0.3) is 11.0 Å². The molecule has 2 aliphatic heterocycles. The van der Waals surface area contributed by atoms with Crippen molar-refractivity contribution in [1.29, 1.82) is 0 Å². The number of piperidine rings is 1. The minimum atomic E-state index is -3.92. The Balaban J connectivity index is 1.28. The van der Waals surface area contributed by atoms with E-state index in [2.05, 4.69) is 20.2 Å². The van der Waals surface area contributed by atoms with Gasteiger partial charge in [0.15, 0.2) is 0 Å². The van der Waals surface area contributed by atoms with Crippen LogP contribution >= 0.6 is 0 Å². The highest BCUT2D eigenvalue weighted by atomic mass is 32.2. The van der Waals surface area contributed by atoms with Crippen LogP contribution in [0.2, 0.25) is 0 Å². The number of aliphatic carboxylic acids is 1. The zero-order chi connectivity index (χ0) is 32.2. The number of carboxylic acid groups (broad SMARTS) is 1. The van der Waals surface area contributed by atoms with E-state index in [0.717, 1.165) is 44.2 Å². The summed E-state index contributed by atoms with van der Waals surface area (Å²) in [5, 5.41) is 18.2. The Morgan fingerprint density at radius 3 is 2.70 bits per heavy atom. The SMILES string of the molecule is Cc1ccc([C@@H](CC(=O)O)c2ccc3c(nnn3CC3CC3)c2C(F)F)cc1CN1C[C@H]2CCCCN2c2ncccc2S1(=O)=O. The summed E-state index contributed by atoms with van der Waals surface area (Å²) < 4.78 is 60.8. The van der Waals surface area contributed by atoms with E-state index in [1.807, 2.05) is 6.92 Å². The normalized spacial score (nSPS) is 20.3. The molecule has 0 spiro atoms. The maximum atomic E-state index is 14.8. The van der Waals surface area contributed by atoms with E-state index in [-0.39, 0.29) is 40.7 Å². The van der Waals surface area contributed by atoms with Crippen molar-refractivity contribution < 1.29 is 27.1 Å². The van der Waals surface area contributed by atoms with E-state index in [4.69, 9.17) is 0 Å². The van der Waals surface area contributed by atoms with Crippen molar-refractivity contribution in [3.63, 3.8) is 0 Å². The predicted molar refractivity (Wildman–Crippen MR) is 167 cm³/mol. The number of rotatable bonds is 9. The highest BCUT2D eigenvalue weighted by molar-refractivity contribution is 7.89. The van der Waals surface area contributed by atoms with Gasteiger partial charge in [-0.25, -0.2) is 26.9 Å². The molecule has 4 heterocycles. The molecule has 1 N–H and O–H groups in total. The quantitative estimate of drug-likeness (QED) is 0.247. The summed E-state index contributed by atoms with van der Waals surface area (Å²) >= 11 is 0. The lowest BCUT2D eigenvalue weighted by Gasteiger charge is -2.36. The summed E-state index contributed by atoms with van der Waals surface area (Å²) in [5.74, 6) is -1.12. The van der Waals surface area contributed by atoms with Gasteiger partial charge in [0.2, 0.25) is 10.0 Å². The molecule has 10 nitrogen and oxygen atoms in total.